The Morgan fingerprint density at radius 2 is 1.96 bits per heavy atom. The fraction of sp³-hybridized carbons (Fsp3) is 0.125. The number of amides is 2. The molecule has 25 heavy (non-hydrogen) atoms. The maximum Gasteiger partial charge on any atom is 0.284 e. The van der Waals surface area contributed by atoms with Crippen molar-refractivity contribution in [1.82, 2.24) is 0 Å². The first-order valence-corrected chi connectivity index (χ1v) is 7.93. The number of hydrogen-bond donors (Lipinski definition) is 2. The molecule has 0 radical (unpaired) electrons. The van der Waals surface area contributed by atoms with Crippen LogP contribution in [0.15, 0.2) is 46.9 Å². The Bertz CT molecular complexity index is 825. The normalized spacial score (nSPS) is 10.1. The van der Waals surface area contributed by atoms with Gasteiger partial charge in [0, 0.05) is 11.6 Å². The summed E-state index contributed by atoms with van der Waals surface area (Å²) in [4.78, 5) is 33.5. The minimum Gasteiger partial charge on any atom is -0.491 e. The molecule has 2 aromatic carbocycles. The van der Waals surface area contributed by atoms with Crippen LogP contribution in [-0.4, -0.2) is 23.3 Å². The molecular weight excluding hydrogens is 394 g/mol. The van der Waals surface area contributed by atoms with Crippen molar-refractivity contribution in [3.8, 4) is 5.75 Å². The summed E-state index contributed by atoms with van der Waals surface area (Å²) in [7, 11) is 0. The Morgan fingerprint density at radius 3 is 2.64 bits per heavy atom. The van der Waals surface area contributed by atoms with E-state index in [-0.39, 0.29) is 28.8 Å². The molecule has 8 nitrogen and oxygen atoms in total. The van der Waals surface area contributed by atoms with E-state index >= 15 is 0 Å². The molecule has 0 atom stereocenters. The largest absolute Gasteiger partial charge is 0.491 e. The Hall–Kier alpha value is -2.94. The second-order valence-corrected chi connectivity index (χ2v) is 5.79. The lowest BCUT2D eigenvalue weighted by Crippen LogP contribution is -2.16. The third kappa shape index (κ3) is 5.01. The zero-order valence-corrected chi connectivity index (χ0v) is 14.5. The molecule has 0 unspecified atom stereocenters. The van der Waals surface area contributed by atoms with Crippen molar-refractivity contribution in [1.29, 1.82) is 0 Å². The number of hydrogen-bond acceptors (Lipinski definition) is 5. The van der Waals surface area contributed by atoms with Crippen LogP contribution in [0.25, 0.3) is 0 Å². The predicted octanol–water partition coefficient (Wildman–Crippen LogP) is 2.86. The summed E-state index contributed by atoms with van der Waals surface area (Å²) in [5, 5.41) is 13.6. The lowest BCUT2D eigenvalue weighted by molar-refractivity contribution is -0.385. The van der Waals surface area contributed by atoms with Gasteiger partial charge in [-0.05, 0) is 40.2 Å². The minimum absolute atomic E-state index is 0.0428. The SMILES string of the molecule is NC(=O)CCOc1ccccc1NC(=O)c1ccc(Br)c([N+](=O)[O-])c1. The third-order valence-electron chi connectivity index (χ3n) is 3.15. The van der Waals surface area contributed by atoms with Crippen LogP contribution < -0.4 is 15.8 Å². The molecule has 130 valence electrons. The minimum atomic E-state index is -0.582. The number of anilines is 1. The number of ether oxygens (including phenoxy) is 1. The third-order valence-corrected chi connectivity index (χ3v) is 3.82. The summed E-state index contributed by atoms with van der Waals surface area (Å²) in [6, 6.07) is 10.7. The fourth-order valence-electron chi connectivity index (χ4n) is 1.95. The van der Waals surface area contributed by atoms with Gasteiger partial charge in [-0.25, -0.2) is 0 Å². The number of benzene rings is 2. The van der Waals surface area contributed by atoms with Crippen molar-refractivity contribution in [3.63, 3.8) is 0 Å². The number of para-hydroxylation sites is 2. The highest BCUT2D eigenvalue weighted by atomic mass is 79.9. The van der Waals surface area contributed by atoms with Gasteiger partial charge >= 0.3 is 0 Å². The highest BCUT2D eigenvalue weighted by Gasteiger charge is 2.17. The zero-order valence-electron chi connectivity index (χ0n) is 12.9. The highest BCUT2D eigenvalue weighted by molar-refractivity contribution is 9.10. The fourth-order valence-corrected chi connectivity index (χ4v) is 2.34. The van der Waals surface area contributed by atoms with Gasteiger partial charge in [-0.1, -0.05) is 12.1 Å². The molecule has 2 rings (SSSR count). The van der Waals surface area contributed by atoms with Gasteiger partial charge in [0.15, 0.2) is 0 Å². The van der Waals surface area contributed by atoms with Crippen LogP contribution in [0.1, 0.15) is 16.8 Å². The van der Waals surface area contributed by atoms with E-state index in [1.807, 2.05) is 0 Å². The van der Waals surface area contributed by atoms with Crippen molar-refractivity contribution >= 4 is 39.1 Å². The number of halogens is 1. The topological polar surface area (TPSA) is 125 Å². The molecule has 0 aliphatic heterocycles. The van der Waals surface area contributed by atoms with Crippen LogP contribution in [0, 0.1) is 10.1 Å². The summed E-state index contributed by atoms with van der Waals surface area (Å²) in [5.74, 6) is -0.658. The molecule has 0 spiro atoms. The molecule has 0 bridgehead atoms. The van der Waals surface area contributed by atoms with Gasteiger partial charge in [-0.15, -0.1) is 0 Å². The summed E-state index contributed by atoms with van der Waals surface area (Å²) >= 11 is 3.07. The van der Waals surface area contributed by atoms with E-state index < -0.39 is 16.7 Å². The Morgan fingerprint density at radius 1 is 1.24 bits per heavy atom. The average Bonchev–Trinajstić information content (AvgIpc) is 2.56. The van der Waals surface area contributed by atoms with Gasteiger partial charge in [0.1, 0.15) is 5.75 Å². The molecule has 3 N–H and O–H groups in total. The molecule has 0 aliphatic rings. The number of nitrogens with two attached hydrogens (primary N) is 1. The van der Waals surface area contributed by atoms with Gasteiger partial charge in [0.25, 0.3) is 11.6 Å². The van der Waals surface area contributed by atoms with Crippen LogP contribution >= 0.6 is 15.9 Å². The molecule has 2 aromatic rings. The molecule has 0 aliphatic carbocycles. The number of rotatable bonds is 7. The number of nitro benzene ring substituents is 1. The van der Waals surface area contributed by atoms with E-state index in [2.05, 4.69) is 21.2 Å². The smallest absolute Gasteiger partial charge is 0.284 e. The van der Waals surface area contributed by atoms with Crippen molar-refractivity contribution in [3.05, 3.63) is 62.6 Å². The molecule has 0 saturated heterocycles. The average molecular weight is 408 g/mol. The van der Waals surface area contributed by atoms with Crippen LogP contribution in [0.3, 0.4) is 0 Å². The van der Waals surface area contributed by atoms with E-state index in [9.17, 15) is 19.7 Å². The van der Waals surface area contributed by atoms with Gasteiger partial charge in [-0.2, -0.15) is 0 Å². The molecule has 0 aromatic heterocycles. The summed E-state index contributed by atoms with van der Waals surface area (Å²) in [6.45, 7) is 0.0754. The maximum absolute atomic E-state index is 12.4. The zero-order chi connectivity index (χ0) is 18.4. The molecule has 9 heteroatoms. The van der Waals surface area contributed by atoms with E-state index in [0.717, 1.165) is 0 Å². The van der Waals surface area contributed by atoms with Gasteiger partial charge in [0.05, 0.1) is 28.1 Å². The molecule has 2 amide bonds. The van der Waals surface area contributed by atoms with Crippen LogP contribution in [0.5, 0.6) is 5.75 Å². The summed E-state index contributed by atoms with van der Waals surface area (Å²) in [6.07, 6.45) is 0.0428. The van der Waals surface area contributed by atoms with Gasteiger partial charge in [-0.3, -0.25) is 19.7 Å². The van der Waals surface area contributed by atoms with E-state index in [4.69, 9.17) is 10.5 Å². The number of nitro groups is 1. The maximum atomic E-state index is 12.4. The first-order chi connectivity index (χ1) is 11.9. The monoisotopic (exact) mass is 407 g/mol. The Kier molecular flexibility index (Phi) is 6.07. The van der Waals surface area contributed by atoms with Crippen LogP contribution in [0.4, 0.5) is 11.4 Å². The van der Waals surface area contributed by atoms with E-state index in [1.54, 1.807) is 24.3 Å². The highest BCUT2D eigenvalue weighted by Crippen LogP contribution is 2.28. The lowest BCUT2D eigenvalue weighted by atomic mass is 10.2. The first-order valence-electron chi connectivity index (χ1n) is 7.14. The van der Waals surface area contributed by atoms with Gasteiger partial charge in [0.2, 0.25) is 5.91 Å². The van der Waals surface area contributed by atoms with Crippen molar-refractivity contribution in [2.75, 3.05) is 11.9 Å². The van der Waals surface area contributed by atoms with Crippen molar-refractivity contribution < 1.29 is 19.2 Å². The number of carbonyl (C=O) groups excluding carboxylic acids is 2. The lowest BCUT2D eigenvalue weighted by Gasteiger charge is -2.12. The molecule has 0 fully saturated rings. The second kappa shape index (κ2) is 8.25. The molecular formula is C16H14BrN3O5. The van der Waals surface area contributed by atoms with Crippen molar-refractivity contribution in [2.24, 2.45) is 5.73 Å². The van der Waals surface area contributed by atoms with Gasteiger partial charge < -0.3 is 15.8 Å². The Balaban J connectivity index is 2.17. The summed E-state index contributed by atoms with van der Waals surface area (Å²) in [5.41, 5.74) is 5.35. The van der Waals surface area contributed by atoms with Crippen LogP contribution in [-0.2, 0) is 4.79 Å². The number of carbonyl (C=O) groups is 2. The van der Waals surface area contributed by atoms with Crippen LogP contribution in [0.2, 0.25) is 0 Å². The number of nitrogens with zero attached hydrogens (tertiary/aromatic N) is 1. The molecule has 0 saturated carbocycles. The van der Waals surface area contributed by atoms with E-state index in [1.165, 1.54) is 18.2 Å². The second-order valence-electron chi connectivity index (χ2n) is 4.94. The standard InChI is InChI=1S/C16H14BrN3O5/c17-11-6-5-10(9-13(11)20(23)24)16(22)19-12-3-1-2-4-14(12)25-8-7-15(18)21/h1-6,9H,7-8H2,(H2,18,21)(H,19,22). The quantitative estimate of drug-likeness (QED) is 0.539. The van der Waals surface area contributed by atoms with Crippen molar-refractivity contribution in [2.45, 2.75) is 6.42 Å². The molecule has 0 heterocycles. The first kappa shape index (κ1) is 18.4. The number of primary amides is 1. The van der Waals surface area contributed by atoms with E-state index in [0.29, 0.717) is 11.4 Å². The Labute approximate surface area is 151 Å². The number of nitrogens with one attached hydrogen (secondary N) is 1. The summed E-state index contributed by atoms with van der Waals surface area (Å²) < 4.78 is 5.72. The predicted molar refractivity (Wildman–Crippen MR) is 94.5 cm³/mol.